The van der Waals surface area contributed by atoms with E-state index in [2.05, 4.69) is 27.9 Å². The summed E-state index contributed by atoms with van der Waals surface area (Å²) in [6.07, 6.45) is 1.92. The molecule has 0 heterocycles. The lowest BCUT2D eigenvalue weighted by Crippen LogP contribution is -2.39. The van der Waals surface area contributed by atoms with Gasteiger partial charge in [-0.3, -0.25) is 9.79 Å². The fourth-order valence-corrected chi connectivity index (χ4v) is 1.65. The Kier molecular flexibility index (Phi) is 7.87. The van der Waals surface area contributed by atoms with Crippen LogP contribution in [0.25, 0.3) is 0 Å². The molecule has 20 heavy (non-hydrogen) atoms. The number of nitrogens with one attached hydrogen (secondary N) is 3. The average Bonchev–Trinajstić information content (AvgIpc) is 2.50. The molecule has 0 bridgehead atoms. The smallest absolute Gasteiger partial charge is 0.251 e. The first-order valence-electron chi connectivity index (χ1n) is 7.05. The predicted octanol–water partition coefficient (Wildman–Crippen LogP) is 1.38. The molecular weight excluding hydrogens is 252 g/mol. The van der Waals surface area contributed by atoms with Crippen LogP contribution in [0.5, 0.6) is 0 Å². The molecule has 110 valence electrons. The zero-order valence-corrected chi connectivity index (χ0v) is 12.3. The summed E-state index contributed by atoms with van der Waals surface area (Å²) in [6, 6.07) is 9.24. The van der Waals surface area contributed by atoms with Gasteiger partial charge >= 0.3 is 0 Å². The first-order valence-corrected chi connectivity index (χ1v) is 7.05. The van der Waals surface area contributed by atoms with Crippen LogP contribution in [0.1, 0.15) is 30.1 Å². The predicted molar refractivity (Wildman–Crippen MR) is 83.0 cm³/mol. The summed E-state index contributed by atoms with van der Waals surface area (Å²) in [4.78, 5) is 15.9. The van der Waals surface area contributed by atoms with E-state index >= 15 is 0 Å². The van der Waals surface area contributed by atoms with E-state index in [4.69, 9.17) is 0 Å². The third-order valence-corrected chi connectivity index (χ3v) is 2.73. The molecule has 3 N–H and O–H groups in total. The van der Waals surface area contributed by atoms with E-state index in [0.717, 1.165) is 31.9 Å². The second-order valence-electron chi connectivity index (χ2n) is 4.40. The van der Waals surface area contributed by atoms with E-state index in [1.807, 2.05) is 30.3 Å². The Morgan fingerprint density at radius 1 is 1.05 bits per heavy atom. The SMILES string of the molecule is CCCNC(=NC)NCCCNC(=O)c1ccccc1. The highest BCUT2D eigenvalue weighted by molar-refractivity contribution is 5.94. The lowest BCUT2D eigenvalue weighted by atomic mass is 10.2. The van der Waals surface area contributed by atoms with Gasteiger partial charge in [-0.15, -0.1) is 0 Å². The monoisotopic (exact) mass is 276 g/mol. The largest absolute Gasteiger partial charge is 0.356 e. The Hall–Kier alpha value is -2.04. The molecule has 5 heteroatoms. The van der Waals surface area contributed by atoms with Crippen LogP contribution in [0.3, 0.4) is 0 Å². The highest BCUT2D eigenvalue weighted by Crippen LogP contribution is 1.97. The Bertz CT molecular complexity index is 417. The van der Waals surface area contributed by atoms with Crippen molar-refractivity contribution < 1.29 is 4.79 Å². The van der Waals surface area contributed by atoms with Gasteiger partial charge in [0.15, 0.2) is 5.96 Å². The van der Waals surface area contributed by atoms with Crippen LogP contribution in [0.4, 0.5) is 0 Å². The van der Waals surface area contributed by atoms with Crippen LogP contribution in [0, 0.1) is 0 Å². The zero-order valence-electron chi connectivity index (χ0n) is 12.3. The molecular formula is C15H24N4O. The number of amides is 1. The maximum atomic E-state index is 11.8. The molecule has 1 amide bonds. The van der Waals surface area contributed by atoms with Crippen molar-refractivity contribution in [1.82, 2.24) is 16.0 Å². The molecule has 0 saturated heterocycles. The maximum Gasteiger partial charge on any atom is 0.251 e. The number of carbonyl (C=O) groups excluding carboxylic acids is 1. The molecule has 1 aromatic rings. The van der Waals surface area contributed by atoms with Crippen LogP contribution in [0.15, 0.2) is 35.3 Å². The summed E-state index contributed by atoms with van der Waals surface area (Å²) in [7, 11) is 1.75. The first kappa shape index (κ1) is 16.0. The highest BCUT2D eigenvalue weighted by Gasteiger charge is 2.02. The lowest BCUT2D eigenvalue weighted by molar-refractivity contribution is 0.0953. The number of nitrogens with zero attached hydrogens (tertiary/aromatic N) is 1. The topological polar surface area (TPSA) is 65.5 Å². The Balaban J connectivity index is 2.14. The van der Waals surface area contributed by atoms with Crippen molar-refractivity contribution in [2.24, 2.45) is 4.99 Å². The average molecular weight is 276 g/mol. The number of guanidine groups is 1. The molecule has 0 aliphatic rings. The van der Waals surface area contributed by atoms with Gasteiger partial charge in [0.1, 0.15) is 0 Å². The fraction of sp³-hybridized carbons (Fsp3) is 0.467. The van der Waals surface area contributed by atoms with E-state index in [1.54, 1.807) is 7.05 Å². The third kappa shape index (κ3) is 6.22. The molecule has 0 aliphatic heterocycles. The number of aliphatic imine (C=N–C) groups is 1. The van der Waals surface area contributed by atoms with Crippen LogP contribution in [0.2, 0.25) is 0 Å². The minimum atomic E-state index is -0.0286. The van der Waals surface area contributed by atoms with E-state index in [-0.39, 0.29) is 5.91 Å². The molecule has 0 aromatic heterocycles. The molecule has 0 unspecified atom stereocenters. The summed E-state index contributed by atoms with van der Waals surface area (Å²) in [5.41, 5.74) is 0.695. The number of hydrogen-bond acceptors (Lipinski definition) is 2. The molecule has 5 nitrogen and oxygen atoms in total. The van der Waals surface area contributed by atoms with Crippen molar-refractivity contribution in [3.63, 3.8) is 0 Å². The minimum Gasteiger partial charge on any atom is -0.356 e. The second-order valence-corrected chi connectivity index (χ2v) is 4.40. The van der Waals surface area contributed by atoms with Gasteiger partial charge in [0.2, 0.25) is 0 Å². The molecule has 1 aromatic carbocycles. The molecule has 0 fully saturated rings. The van der Waals surface area contributed by atoms with Gasteiger partial charge in [0, 0.05) is 32.2 Å². The lowest BCUT2D eigenvalue weighted by Gasteiger charge is -2.11. The third-order valence-electron chi connectivity index (χ3n) is 2.73. The van der Waals surface area contributed by atoms with Crippen LogP contribution < -0.4 is 16.0 Å². The van der Waals surface area contributed by atoms with Gasteiger partial charge in [-0.05, 0) is 25.0 Å². The van der Waals surface area contributed by atoms with Crippen molar-refractivity contribution in [2.75, 3.05) is 26.7 Å². The van der Waals surface area contributed by atoms with Gasteiger partial charge in [-0.25, -0.2) is 0 Å². The maximum absolute atomic E-state index is 11.8. The minimum absolute atomic E-state index is 0.0286. The van der Waals surface area contributed by atoms with Crippen molar-refractivity contribution in [1.29, 1.82) is 0 Å². The first-order chi connectivity index (χ1) is 9.77. The molecule has 0 aliphatic carbocycles. The summed E-state index contributed by atoms with van der Waals surface area (Å²) >= 11 is 0. The van der Waals surface area contributed by atoms with E-state index in [1.165, 1.54) is 0 Å². The number of carbonyl (C=O) groups is 1. The van der Waals surface area contributed by atoms with Crippen molar-refractivity contribution in [3.05, 3.63) is 35.9 Å². The van der Waals surface area contributed by atoms with Gasteiger partial charge in [-0.2, -0.15) is 0 Å². The number of rotatable bonds is 7. The standard InChI is InChI=1S/C15H24N4O/c1-3-10-18-15(16-2)19-12-7-11-17-14(20)13-8-5-4-6-9-13/h4-6,8-9H,3,7,10-12H2,1-2H3,(H,17,20)(H2,16,18,19). The van der Waals surface area contributed by atoms with E-state index in [0.29, 0.717) is 12.1 Å². The van der Waals surface area contributed by atoms with Gasteiger partial charge in [-0.1, -0.05) is 25.1 Å². The summed E-state index contributed by atoms with van der Waals surface area (Å²) in [5, 5.41) is 9.30. The number of benzene rings is 1. The Labute approximate surface area is 120 Å². The van der Waals surface area contributed by atoms with Crippen molar-refractivity contribution in [3.8, 4) is 0 Å². The molecule has 1 rings (SSSR count). The normalized spacial score (nSPS) is 11.0. The molecule has 0 atom stereocenters. The van der Waals surface area contributed by atoms with Crippen LogP contribution in [-0.4, -0.2) is 38.5 Å². The number of hydrogen-bond donors (Lipinski definition) is 3. The molecule has 0 saturated carbocycles. The highest BCUT2D eigenvalue weighted by atomic mass is 16.1. The van der Waals surface area contributed by atoms with Gasteiger partial charge < -0.3 is 16.0 Å². The van der Waals surface area contributed by atoms with Crippen LogP contribution >= 0.6 is 0 Å². The van der Waals surface area contributed by atoms with Crippen molar-refractivity contribution >= 4 is 11.9 Å². The Morgan fingerprint density at radius 3 is 2.35 bits per heavy atom. The van der Waals surface area contributed by atoms with Crippen LogP contribution in [-0.2, 0) is 0 Å². The van der Waals surface area contributed by atoms with Gasteiger partial charge in [0.05, 0.1) is 0 Å². The summed E-state index contributed by atoms with van der Waals surface area (Å²) < 4.78 is 0. The fourth-order valence-electron chi connectivity index (χ4n) is 1.65. The van der Waals surface area contributed by atoms with E-state index < -0.39 is 0 Å². The zero-order chi connectivity index (χ0) is 14.6. The summed E-state index contributed by atoms with van der Waals surface area (Å²) in [5.74, 6) is 0.778. The quantitative estimate of drug-likeness (QED) is 0.400. The molecule has 0 radical (unpaired) electrons. The second kappa shape index (κ2) is 9.83. The van der Waals surface area contributed by atoms with Gasteiger partial charge in [0.25, 0.3) is 5.91 Å². The summed E-state index contributed by atoms with van der Waals surface area (Å²) in [6.45, 7) is 4.44. The van der Waals surface area contributed by atoms with E-state index in [9.17, 15) is 4.79 Å². The molecule has 0 spiro atoms. The van der Waals surface area contributed by atoms with Crippen molar-refractivity contribution in [2.45, 2.75) is 19.8 Å². The Morgan fingerprint density at radius 2 is 1.70 bits per heavy atom.